The SMILES string of the molecule is CCN(CC)C(=O)C(c1ccccc1)N1CCN(S(=O)(=O)c2ccc(Cl)cc2)CC1. The first kappa shape index (κ1) is 22.7. The molecule has 162 valence electrons. The summed E-state index contributed by atoms with van der Waals surface area (Å²) in [6.07, 6.45) is 0. The second-order valence-electron chi connectivity index (χ2n) is 7.22. The molecule has 1 heterocycles. The van der Waals surface area contributed by atoms with Crippen molar-refractivity contribution in [3.8, 4) is 0 Å². The Morgan fingerprint density at radius 1 is 0.967 bits per heavy atom. The van der Waals surface area contributed by atoms with Crippen molar-refractivity contribution in [2.75, 3.05) is 39.3 Å². The molecule has 0 N–H and O–H groups in total. The second kappa shape index (κ2) is 9.92. The van der Waals surface area contributed by atoms with E-state index in [0.29, 0.717) is 44.3 Å². The van der Waals surface area contributed by atoms with E-state index < -0.39 is 16.1 Å². The predicted molar refractivity (Wildman–Crippen MR) is 119 cm³/mol. The molecule has 8 heteroatoms. The first-order valence-electron chi connectivity index (χ1n) is 10.2. The van der Waals surface area contributed by atoms with Crippen molar-refractivity contribution < 1.29 is 13.2 Å². The number of hydrogen-bond acceptors (Lipinski definition) is 4. The van der Waals surface area contributed by atoms with Crippen LogP contribution in [-0.4, -0.2) is 67.7 Å². The molecule has 1 atom stereocenters. The molecule has 1 unspecified atom stereocenters. The van der Waals surface area contributed by atoms with Crippen LogP contribution in [0.2, 0.25) is 5.02 Å². The molecule has 30 heavy (non-hydrogen) atoms. The zero-order chi connectivity index (χ0) is 21.7. The minimum atomic E-state index is -3.59. The Kier molecular flexibility index (Phi) is 7.52. The maximum absolute atomic E-state index is 13.3. The van der Waals surface area contributed by atoms with Crippen molar-refractivity contribution >= 4 is 27.5 Å². The van der Waals surface area contributed by atoms with Gasteiger partial charge in [-0.25, -0.2) is 8.42 Å². The molecule has 0 aromatic heterocycles. The number of piperazine rings is 1. The lowest BCUT2D eigenvalue weighted by Crippen LogP contribution is -2.52. The van der Waals surface area contributed by atoms with Crippen molar-refractivity contribution in [2.24, 2.45) is 0 Å². The van der Waals surface area contributed by atoms with Crippen LogP contribution >= 0.6 is 11.6 Å². The lowest BCUT2D eigenvalue weighted by atomic mass is 10.0. The zero-order valence-electron chi connectivity index (χ0n) is 17.4. The quantitative estimate of drug-likeness (QED) is 0.651. The molecule has 1 saturated heterocycles. The molecule has 2 aromatic carbocycles. The van der Waals surface area contributed by atoms with Crippen LogP contribution in [0, 0.1) is 0 Å². The van der Waals surface area contributed by atoms with Gasteiger partial charge in [-0.2, -0.15) is 4.31 Å². The van der Waals surface area contributed by atoms with Gasteiger partial charge in [0.1, 0.15) is 6.04 Å². The summed E-state index contributed by atoms with van der Waals surface area (Å²) in [6.45, 7) is 6.87. The molecule has 2 aromatic rings. The number of carbonyl (C=O) groups is 1. The number of carbonyl (C=O) groups excluding carboxylic acids is 1. The highest BCUT2D eigenvalue weighted by Crippen LogP contribution is 2.27. The molecule has 1 aliphatic rings. The van der Waals surface area contributed by atoms with Gasteiger partial charge in [-0.3, -0.25) is 9.69 Å². The topological polar surface area (TPSA) is 60.9 Å². The van der Waals surface area contributed by atoms with Crippen LogP contribution in [0.15, 0.2) is 59.5 Å². The van der Waals surface area contributed by atoms with E-state index in [0.717, 1.165) is 5.56 Å². The van der Waals surface area contributed by atoms with Gasteiger partial charge >= 0.3 is 0 Å². The lowest BCUT2D eigenvalue weighted by molar-refractivity contribution is -0.137. The molecule has 1 fully saturated rings. The van der Waals surface area contributed by atoms with Gasteiger partial charge in [-0.05, 0) is 43.7 Å². The molecular formula is C22H28ClN3O3S. The Morgan fingerprint density at radius 3 is 2.07 bits per heavy atom. The summed E-state index contributed by atoms with van der Waals surface area (Å²) in [5.74, 6) is 0.0557. The van der Waals surface area contributed by atoms with E-state index in [1.54, 1.807) is 12.1 Å². The minimum Gasteiger partial charge on any atom is -0.342 e. The fourth-order valence-electron chi connectivity index (χ4n) is 3.81. The number of rotatable bonds is 7. The minimum absolute atomic E-state index is 0.0557. The Labute approximate surface area is 184 Å². The molecule has 6 nitrogen and oxygen atoms in total. The monoisotopic (exact) mass is 449 g/mol. The maximum atomic E-state index is 13.3. The third-order valence-corrected chi connectivity index (χ3v) is 7.68. The molecule has 0 aliphatic carbocycles. The number of sulfonamides is 1. The summed E-state index contributed by atoms with van der Waals surface area (Å²) >= 11 is 5.89. The normalized spacial score (nSPS) is 16.9. The van der Waals surface area contributed by atoms with Crippen LogP contribution in [-0.2, 0) is 14.8 Å². The molecule has 0 saturated carbocycles. The van der Waals surface area contributed by atoms with Gasteiger partial charge in [0, 0.05) is 44.3 Å². The van der Waals surface area contributed by atoms with Crippen LogP contribution in [0.1, 0.15) is 25.5 Å². The van der Waals surface area contributed by atoms with E-state index in [1.807, 2.05) is 49.1 Å². The van der Waals surface area contributed by atoms with E-state index >= 15 is 0 Å². The number of hydrogen-bond donors (Lipinski definition) is 0. The Morgan fingerprint density at radius 2 is 1.53 bits per heavy atom. The van der Waals surface area contributed by atoms with E-state index in [1.165, 1.54) is 16.4 Å². The van der Waals surface area contributed by atoms with Crippen LogP contribution in [0.3, 0.4) is 0 Å². The average Bonchev–Trinajstić information content (AvgIpc) is 2.76. The van der Waals surface area contributed by atoms with Gasteiger partial charge in [0.05, 0.1) is 4.90 Å². The summed E-state index contributed by atoms with van der Waals surface area (Å²) < 4.78 is 27.4. The smallest absolute Gasteiger partial charge is 0.244 e. The standard InChI is InChI=1S/C22H28ClN3O3S/c1-3-24(4-2)22(27)21(18-8-6-5-7-9-18)25-14-16-26(17-15-25)30(28,29)20-12-10-19(23)11-13-20/h5-13,21H,3-4,14-17H2,1-2H3. The van der Waals surface area contributed by atoms with Crippen molar-refractivity contribution in [1.82, 2.24) is 14.1 Å². The molecule has 1 aliphatic heterocycles. The molecule has 0 spiro atoms. The van der Waals surface area contributed by atoms with E-state index in [4.69, 9.17) is 11.6 Å². The number of halogens is 1. The van der Waals surface area contributed by atoms with Crippen LogP contribution < -0.4 is 0 Å². The van der Waals surface area contributed by atoms with E-state index in [-0.39, 0.29) is 10.8 Å². The molecule has 1 amide bonds. The fourth-order valence-corrected chi connectivity index (χ4v) is 5.36. The largest absolute Gasteiger partial charge is 0.342 e. The van der Waals surface area contributed by atoms with Gasteiger partial charge in [0.15, 0.2) is 0 Å². The van der Waals surface area contributed by atoms with E-state index in [2.05, 4.69) is 4.90 Å². The Balaban J connectivity index is 1.79. The summed E-state index contributed by atoms with van der Waals surface area (Å²) in [6, 6.07) is 15.5. The van der Waals surface area contributed by atoms with Gasteiger partial charge in [-0.1, -0.05) is 41.9 Å². The van der Waals surface area contributed by atoms with Crippen LogP contribution in [0.25, 0.3) is 0 Å². The Hall–Kier alpha value is -1.93. The first-order valence-corrected chi connectivity index (χ1v) is 12.0. The zero-order valence-corrected chi connectivity index (χ0v) is 18.9. The third-order valence-electron chi connectivity index (χ3n) is 5.51. The second-order valence-corrected chi connectivity index (χ2v) is 9.59. The van der Waals surface area contributed by atoms with Crippen molar-refractivity contribution in [2.45, 2.75) is 24.8 Å². The summed E-state index contributed by atoms with van der Waals surface area (Å²) in [5, 5.41) is 0.499. The highest BCUT2D eigenvalue weighted by atomic mass is 35.5. The molecule has 0 bridgehead atoms. The number of likely N-dealkylation sites (N-methyl/N-ethyl adjacent to an activating group) is 1. The lowest BCUT2D eigenvalue weighted by Gasteiger charge is -2.39. The molecular weight excluding hydrogens is 422 g/mol. The van der Waals surface area contributed by atoms with Gasteiger partial charge in [-0.15, -0.1) is 0 Å². The van der Waals surface area contributed by atoms with Crippen molar-refractivity contribution in [3.63, 3.8) is 0 Å². The van der Waals surface area contributed by atoms with Crippen molar-refractivity contribution in [1.29, 1.82) is 0 Å². The maximum Gasteiger partial charge on any atom is 0.244 e. The van der Waals surface area contributed by atoms with Gasteiger partial charge in [0.25, 0.3) is 0 Å². The summed E-state index contributed by atoms with van der Waals surface area (Å²) in [5.41, 5.74) is 0.934. The number of benzene rings is 2. The molecule has 3 rings (SSSR count). The van der Waals surface area contributed by atoms with Gasteiger partial charge in [0.2, 0.25) is 15.9 Å². The highest BCUT2D eigenvalue weighted by molar-refractivity contribution is 7.89. The van der Waals surface area contributed by atoms with Crippen molar-refractivity contribution in [3.05, 3.63) is 65.2 Å². The number of amides is 1. The number of nitrogens with zero attached hydrogens (tertiary/aromatic N) is 3. The van der Waals surface area contributed by atoms with Gasteiger partial charge < -0.3 is 4.90 Å². The first-order chi connectivity index (χ1) is 14.4. The third kappa shape index (κ3) is 4.86. The van der Waals surface area contributed by atoms with E-state index in [9.17, 15) is 13.2 Å². The average molecular weight is 450 g/mol. The van der Waals surface area contributed by atoms with Crippen LogP contribution in [0.4, 0.5) is 0 Å². The fraction of sp³-hybridized carbons (Fsp3) is 0.409. The Bertz CT molecular complexity index is 939. The predicted octanol–water partition coefficient (Wildman–Crippen LogP) is 3.26. The summed E-state index contributed by atoms with van der Waals surface area (Å²) in [4.78, 5) is 17.4. The summed E-state index contributed by atoms with van der Waals surface area (Å²) in [7, 11) is -3.59. The highest BCUT2D eigenvalue weighted by Gasteiger charge is 2.35. The molecule has 0 radical (unpaired) electrons. The van der Waals surface area contributed by atoms with Crippen LogP contribution in [0.5, 0.6) is 0 Å².